The summed E-state index contributed by atoms with van der Waals surface area (Å²) < 4.78 is 47.5. The van der Waals surface area contributed by atoms with Gasteiger partial charge >= 0.3 is 6.09 Å². The number of nitrogens with one attached hydrogen (secondary N) is 3. The fourth-order valence-corrected chi connectivity index (χ4v) is 11.1. The summed E-state index contributed by atoms with van der Waals surface area (Å²) in [7, 11) is -3.92. The Morgan fingerprint density at radius 2 is 1.77 bits per heavy atom. The minimum atomic E-state index is -3.92. The van der Waals surface area contributed by atoms with E-state index in [2.05, 4.69) is 34.1 Å². The fraction of sp³-hybridized carbons (Fsp3) is 0.511. The topological polar surface area (TPSA) is 182 Å². The van der Waals surface area contributed by atoms with E-state index in [-0.39, 0.29) is 31.2 Å². The van der Waals surface area contributed by atoms with Crippen molar-refractivity contribution in [2.75, 3.05) is 6.54 Å². The van der Waals surface area contributed by atoms with E-state index in [0.717, 1.165) is 42.2 Å². The van der Waals surface area contributed by atoms with Crippen LogP contribution in [-0.2, 0) is 42.2 Å². The molecule has 3 aromatic rings. The van der Waals surface area contributed by atoms with Gasteiger partial charge in [0.2, 0.25) is 27.7 Å². The first-order chi connectivity index (χ1) is 29.9. The number of hydrogen-bond donors (Lipinski definition) is 3. The molecule has 3 N–H and O–H groups in total. The highest BCUT2D eigenvalue weighted by atomic mass is 32.2. The highest BCUT2D eigenvalue weighted by Gasteiger charge is 2.62. The maximum Gasteiger partial charge on any atom is 0.408 e. The Kier molecular flexibility index (Phi) is 11.3. The van der Waals surface area contributed by atoms with Crippen molar-refractivity contribution >= 4 is 44.7 Å². The van der Waals surface area contributed by atoms with Crippen LogP contribution in [0.25, 0.3) is 10.9 Å². The summed E-state index contributed by atoms with van der Waals surface area (Å²) in [6.07, 6.45) is 11.3. The molecule has 2 bridgehead atoms. The van der Waals surface area contributed by atoms with Crippen molar-refractivity contribution in [1.29, 1.82) is 0 Å². The molecule has 328 valence electrons. The van der Waals surface area contributed by atoms with Gasteiger partial charge in [0.25, 0.3) is 5.91 Å². The monoisotopic (exact) mass is 865 g/mol. The van der Waals surface area contributed by atoms with Gasteiger partial charge in [-0.2, -0.15) is 0 Å². The van der Waals surface area contributed by atoms with Crippen LogP contribution in [0.15, 0.2) is 79.4 Å². The van der Waals surface area contributed by atoms with Crippen LogP contribution in [0.3, 0.4) is 0 Å². The Morgan fingerprint density at radius 1 is 1.02 bits per heavy atom. The van der Waals surface area contributed by atoms with Crippen LogP contribution in [-0.4, -0.2) is 83.2 Å². The van der Waals surface area contributed by atoms with Crippen LogP contribution in [0.2, 0.25) is 0 Å². The van der Waals surface area contributed by atoms with E-state index in [1.165, 1.54) is 11.0 Å². The molecule has 2 aliphatic heterocycles. The molecule has 0 spiro atoms. The third-order valence-electron chi connectivity index (χ3n) is 13.8. The van der Waals surface area contributed by atoms with E-state index in [9.17, 15) is 22.8 Å². The van der Waals surface area contributed by atoms with Gasteiger partial charge in [0.05, 0.1) is 22.9 Å². The summed E-state index contributed by atoms with van der Waals surface area (Å²) >= 11 is 0. The van der Waals surface area contributed by atoms with Crippen molar-refractivity contribution in [2.45, 2.75) is 125 Å². The zero-order valence-electron chi connectivity index (χ0n) is 35.1. The number of rotatable bonds is 10. The molecule has 4 amide bonds. The van der Waals surface area contributed by atoms with Gasteiger partial charge in [-0.15, -0.1) is 6.58 Å². The molecule has 1 saturated heterocycles. The largest absolute Gasteiger partial charge is 0.488 e. The molecule has 62 heavy (non-hydrogen) atoms. The van der Waals surface area contributed by atoms with E-state index in [0.29, 0.717) is 62.3 Å². The molecule has 9 rings (SSSR count). The van der Waals surface area contributed by atoms with Gasteiger partial charge in [0.15, 0.2) is 0 Å². The molecule has 6 aliphatic rings. The highest BCUT2D eigenvalue weighted by Crippen LogP contribution is 2.50. The summed E-state index contributed by atoms with van der Waals surface area (Å²) in [5, 5.41) is 5.98. The van der Waals surface area contributed by atoms with Crippen LogP contribution in [0.5, 0.6) is 11.6 Å². The lowest BCUT2D eigenvalue weighted by Crippen LogP contribution is -2.59. The molecular formula is C47H55N5O9S. The lowest BCUT2D eigenvalue weighted by molar-refractivity contribution is -0.142. The molecule has 0 unspecified atom stereocenters. The van der Waals surface area contributed by atoms with Gasteiger partial charge in [0.1, 0.15) is 41.7 Å². The first-order valence-corrected chi connectivity index (χ1v) is 23.6. The number of alkyl carbamates (subject to hydrolysis) is 1. The molecule has 7 atom stereocenters. The molecule has 14 nitrogen and oxygen atoms in total. The van der Waals surface area contributed by atoms with Crippen LogP contribution in [0, 0.1) is 17.8 Å². The van der Waals surface area contributed by atoms with E-state index < -0.39 is 74.3 Å². The molecule has 2 aromatic carbocycles. The van der Waals surface area contributed by atoms with E-state index >= 15 is 4.79 Å². The number of pyridine rings is 1. The summed E-state index contributed by atoms with van der Waals surface area (Å²) in [6.45, 7) is 6.03. The molecule has 1 aromatic heterocycles. The minimum Gasteiger partial charge on any atom is -0.488 e. The number of para-hydroxylation sites is 1. The first-order valence-electron chi connectivity index (χ1n) is 22.1. The third kappa shape index (κ3) is 8.52. The van der Waals surface area contributed by atoms with Gasteiger partial charge in [-0.05, 0) is 88.3 Å². The van der Waals surface area contributed by atoms with Crippen molar-refractivity contribution in [2.24, 2.45) is 17.8 Å². The number of aromatic nitrogens is 1. The van der Waals surface area contributed by atoms with Gasteiger partial charge < -0.3 is 29.7 Å². The van der Waals surface area contributed by atoms with Crippen molar-refractivity contribution in [3.05, 3.63) is 90.5 Å². The fourth-order valence-electron chi connectivity index (χ4n) is 9.72. The first kappa shape index (κ1) is 41.9. The van der Waals surface area contributed by atoms with E-state index in [1.54, 1.807) is 0 Å². The summed E-state index contributed by atoms with van der Waals surface area (Å²) in [5.74, 6) is -1.54. The van der Waals surface area contributed by atoms with E-state index in [4.69, 9.17) is 19.2 Å². The molecule has 4 saturated carbocycles. The predicted octanol–water partition coefficient (Wildman–Crippen LogP) is 5.79. The number of carbonyl (C=O) groups is 4. The quantitative estimate of drug-likeness (QED) is 0.211. The van der Waals surface area contributed by atoms with Crippen LogP contribution < -0.4 is 24.8 Å². The Morgan fingerprint density at radius 3 is 2.52 bits per heavy atom. The average molecular weight is 866 g/mol. The zero-order valence-corrected chi connectivity index (χ0v) is 35.9. The minimum absolute atomic E-state index is 0.0270. The number of carbonyl (C=O) groups excluding carboxylic acids is 4. The van der Waals surface area contributed by atoms with Crippen LogP contribution in [0.4, 0.5) is 4.79 Å². The Balaban J connectivity index is 1.08. The number of allylic oxidation sites excluding steroid dienone is 2. The van der Waals surface area contributed by atoms with Gasteiger partial charge in [-0.3, -0.25) is 19.1 Å². The van der Waals surface area contributed by atoms with Gasteiger partial charge in [-0.25, -0.2) is 18.2 Å². The van der Waals surface area contributed by atoms with Crippen molar-refractivity contribution in [3.8, 4) is 11.6 Å². The molecule has 4 aliphatic carbocycles. The molecular weight excluding hydrogens is 811 g/mol. The predicted molar refractivity (Wildman–Crippen MR) is 230 cm³/mol. The second-order valence-corrected chi connectivity index (χ2v) is 20.2. The number of benzene rings is 2. The Labute approximate surface area is 362 Å². The van der Waals surface area contributed by atoms with Gasteiger partial charge in [0, 0.05) is 23.6 Å². The second kappa shape index (κ2) is 16.7. The van der Waals surface area contributed by atoms with Crippen LogP contribution in [0.1, 0.15) is 88.7 Å². The number of ether oxygens (including phenoxy) is 3. The Bertz CT molecular complexity index is 2400. The lowest BCUT2D eigenvalue weighted by Gasteiger charge is -2.32. The molecule has 0 radical (unpaired) electrons. The lowest BCUT2D eigenvalue weighted by atomic mass is 9.96. The maximum atomic E-state index is 15.0. The number of amides is 4. The van der Waals surface area contributed by atoms with E-state index in [1.807, 2.05) is 61.5 Å². The van der Waals surface area contributed by atoms with Crippen LogP contribution >= 0.6 is 0 Å². The Hall–Kier alpha value is -5.44. The standard InChI is InChI=1S/C47H55N5O9S/c1-3-31-26-47(31,44(55)51-62(57,58)34-22-23-34)50-41(53)38-24-33-27-52(38)43(54)39(30-16-10-11-17-30)49-45(56)61-46(2)25-32(46)18-8-5-9-20-36-40(59-28-29-14-6-4-7-15-29)35-19-12-13-21-37(35)48-42(36)60-33/h3-7,9,12-15,19,21,30-34,38-39H,1,8,10-11,16-18,20,22-28H2,2H3,(H,49,56)(H,50,53)(H,51,55)/t31-,32-,33-,38+,39+,46-,47-/m1/s1. The molecule has 15 heteroatoms. The summed E-state index contributed by atoms with van der Waals surface area (Å²) in [4.78, 5) is 63.5. The van der Waals surface area contributed by atoms with Crippen molar-refractivity contribution < 1.29 is 41.8 Å². The summed E-state index contributed by atoms with van der Waals surface area (Å²) in [6, 6.07) is 15.4. The third-order valence-corrected chi connectivity index (χ3v) is 15.6. The van der Waals surface area contributed by atoms with Crippen molar-refractivity contribution in [1.82, 2.24) is 25.2 Å². The normalized spacial score (nSPS) is 30.1. The molecule has 3 heterocycles. The smallest absolute Gasteiger partial charge is 0.408 e. The van der Waals surface area contributed by atoms with Crippen molar-refractivity contribution in [3.63, 3.8) is 0 Å². The average Bonchev–Trinajstić information content (AvgIpc) is 4.21. The number of nitrogens with zero attached hydrogens (tertiary/aromatic N) is 2. The zero-order chi connectivity index (χ0) is 43.2. The highest BCUT2D eigenvalue weighted by molar-refractivity contribution is 7.91. The maximum absolute atomic E-state index is 15.0. The summed E-state index contributed by atoms with van der Waals surface area (Å²) in [5.41, 5.74) is 0.133. The second-order valence-electron chi connectivity index (χ2n) is 18.2. The van der Waals surface area contributed by atoms with Gasteiger partial charge in [-0.1, -0.05) is 73.5 Å². The molecule has 5 fully saturated rings. The number of hydrogen-bond acceptors (Lipinski definition) is 10. The number of fused-ring (bicyclic) bond motifs is 5. The SMILES string of the molecule is C=C[C@@H]1C[C@]1(NC(=O)[C@@H]1C[C@@H]2CN1C(=O)[C@H](C1CCCC1)NC(=O)O[C@]1(C)C[C@H]1CCC=CCc1c(nc3ccccc3c1OCc1ccccc1)O2)C(=O)NS(=O)(=O)C1CC1. The number of sulfonamides is 1.